The van der Waals surface area contributed by atoms with Crippen LogP contribution in [0.3, 0.4) is 0 Å². The van der Waals surface area contributed by atoms with Gasteiger partial charge in [0.15, 0.2) is 12.4 Å². The van der Waals surface area contributed by atoms with Gasteiger partial charge in [-0.25, -0.2) is 4.79 Å². The first-order chi connectivity index (χ1) is 11.8. The lowest BCUT2D eigenvalue weighted by Crippen LogP contribution is -2.54. The summed E-state index contributed by atoms with van der Waals surface area (Å²) in [5, 5.41) is 7.30. The zero-order valence-corrected chi connectivity index (χ0v) is 15.6. The molecule has 0 saturated carbocycles. The van der Waals surface area contributed by atoms with Crippen LogP contribution in [0.4, 0.5) is 4.79 Å². The van der Waals surface area contributed by atoms with E-state index >= 15 is 0 Å². The molecular weight excluding hydrogens is 322 g/mol. The van der Waals surface area contributed by atoms with Crippen LogP contribution in [0.5, 0.6) is 5.75 Å². The van der Waals surface area contributed by atoms with E-state index in [1.807, 2.05) is 39.6 Å². The maximum atomic E-state index is 12.5. The lowest BCUT2D eigenvalue weighted by molar-refractivity contribution is -0.135. The Morgan fingerprint density at radius 2 is 2.12 bits per heavy atom. The van der Waals surface area contributed by atoms with Crippen LogP contribution in [-0.4, -0.2) is 69.3 Å². The first kappa shape index (κ1) is 17.6. The summed E-state index contributed by atoms with van der Waals surface area (Å²) < 4.78 is 7.47. The summed E-state index contributed by atoms with van der Waals surface area (Å²) >= 11 is 0. The summed E-state index contributed by atoms with van der Waals surface area (Å²) in [4.78, 5) is 28.3. The molecule has 0 aliphatic carbocycles. The molecule has 0 aromatic carbocycles. The van der Waals surface area contributed by atoms with E-state index < -0.39 is 0 Å². The van der Waals surface area contributed by atoms with E-state index in [2.05, 4.69) is 10.4 Å². The first-order valence-corrected chi connectivity index (χ1v) is 8.79. The number of amides is 3. The van der Waals surface area contributed by atoms with Crippen molar-refractivity contribution < 1.29 is 14.3 Å². The molecule has 2 atom stereocenters. The molecule has 3 rings (SSSR count). The number of aromatic nitrogens is 2. The molecule has 2 aliphatic rings. The third kappa shape index (κ3) is 3.17. The predicted molar refractivity (Wildman–Crippen MR) is 92.5 cm³/mol. The van der Waals surface area contributed by atoms with Crippen molar-refractivity contribution in [1.82, 2.24) is 24.9 Å². The Morgan fingerprint density at radius 3 is 2.72 bits per heavy atom. The van der Waals surface area contributed by atoms with Crippen molar-refractivity contribution >= 4 is 11.9 Å². The molecule has 2 fully saturated rings. The highest BCUT2D eigenvalue weighted by Crippen LogP contribution is 2.25. The van der Waals surface area contributed by atoms with Crippen LogP contribution in [0.2, 0.25) is 0 Å². The molecule has 1 N–H and O–H groups in total. The number of urea groups is 1. The minimum absolute atomic E-state index is 0.00513. The molecule has 0 radical (unpaired) electrons. The summed E-state index contributed by atoms with van der Waals surface area (Å²) in [6.07, 6.45) is 0.790. The molecule has 138 valence electrons. The van der Waals surface area contributed by atoms with Gasteiger partial charge in [-0.2, -0.15) is 5.10 Å². The third-order valence-electron chi connectivity index (χ3n) is 5.17. The Labute approximate surface area is 148 Å². The largest absolute Gasteiger partial charge is 0.480 e. The van der Waals surface area contributed by atoms with E-state index in [4.69, 9.17) is 4.74 Å². The number of carbonyl (C=O) groups excluding carboxylic acids is 2. The van der Waals surface area contributed by atoms with Gasteiger partial charge in [0, 0.05) is 26.2 Å². The maximum Gasteiger partial charge on any atom is 0.318 e. The molecule has 3 amide bonds. The first-order valence-electron chi connectivity index (χ1n) is 8.79. The highest BCUT2D eigenvalue weighted by atomic mass is 16.5. The molecule has 0 unspecified atom stereocenters. The van der Waals surface area contributed by atoms with Gasteiger partial charge in [0.05, 0.1) is 17.8 Å². The number of likely N-dealkylation sites (tertiary alicyclic amines) is 1. The second-order valence-electron chi connectivity index (χ2n) is 7.17. The van der Waals surface area contributed by atoms with Gasteiger partial charge in [0.25, 0.3) is 5.91 Å². The fourth-order valence-electron chi connectivity index (χ4n) is 3.83. The van der Waals surface area contributed by atoms with Crippen LogP contribution in [0.15, 0.2) is 0 Å². The zero-order valence-electron chi connectivity index (χ0n) is 15.6. The Hall–Kier alpha value is -2.25. The number of carbonyl (C=O) groups is 2. The van der Waals surface area contributed by atoms with Crippen LogP contribution in [-0.2, 0) is 11.8 Å². The van der Waals surface area contributed by atoms with Crippen molar-refractivity contribution in [3.63, 3.8) is 0 Å². The molecule has 8 nitrogen and oxygen atoms in total. The van der Waals surface area contributed by atoms with Crippen LogP contribution in [0, 0.1) is 13.8 Å². The van der Waals surface area contributed by atoms with Crippen LogP contribution >= 0.6 is 0 Å². The van der Waals surface area contributed by atoms with Crippen molar-refractivity contribution in [3.8, 4) is 5.75 Å². The van der Waals surface area contributed by atoms with Gasteiger partial charge in [0.1, 0.15) is 5.69 Å². The van der Waals surface area contributed by atoms with Crippen molar-refractivity contribution in [1.29, 1.82) is 0 Å². The van der Waals surface area contributed by atoms with E-state index in [-0.39, 0.29) is 36.7 Å². The smallest absolute Gasteiger partial charge is 0.318 e. The van der Waals surface area contributed by atoms with Gasteiger partial charge >= 0.3 is 6.03 Å². The number of piperidine rings is 1. The number of hydrogen-bond acceptors (Lipinski definition) is 4. The van der Waals surface area contributed by atoms with Crippen LogP contribution in [0.25, 0.3) is 0 Å². The second-order valence-corrected chi connectivity index (χ2v) is 7.17. The molecule has 1 aromatic rings. The molecule has 3 heterocycles. The molecule has 0 bridgehead atoms. The van der Waals surface area contributed by atoms with Crippen molar-refractivity contribution in [2.75, 3.05) is 19.7 Å². The Bertz CT molecular complexity index is 684. The molecular formula is C17H27N5O3. The Balaban J connectivity index is 1.59. The predicted octanol–water partition coefficient (Wildman–Crippen LogP) is 0.819. The number of ether oxygens (including phenoxy) is 1. The lowest BCUT2D eigenvalue weighted by Gasteiger charge is -2.37. The fraction of sp³-hybridized carbons (Fsp3) is 0.706. The average Bonchev–Trinajstić information content (AvgIpc) is 3.00. The van der Waals surface area contributed by atoms with Gasteiger partial charge in [-0.05, 0) is 34.1 Å². The minimum atomic E-state index is -0.0571. The van der Waals surface area contributed by atoms with Crippen LogP contribution in [0.1, 0.15) is 31.7 Å². The molecule has 1 aromatic heterocycles. The monoisotopic (exact) mass is 349 g/mol. The molecule has 2 aliphatic heterocycles. The van der Waals surface area contributed by atoms with Crippen molar-refractivity contribution in [3.05, 3.63) is 11.4 Å². The van der Waals surface area contributed by atoms with Crippen LogP contribution < -0.4 is 10.1 Å². The highest BCUT2D eigenvalue weighted by Gasteiger charge is 2.44. The maximum absolute atomic E-state index is 12.5. The van der Waals surface area contributed by atoms with E-state index in [9.17, 15) is 9.59 Å². The Morgan fingerprint density at radius 1 is 1.40 bits per heavy atom. The summed E-state index contributed by atoms with van der Waals surface area (Å²) in [7, 11) is 1.85. The zero-order chi connectivity index (χ0) is 18.3. The third-order valence-corrected chi connectivity index (χ3v) is 5.17. The molecule has 2 saturated heterocycles. The second kappa shape index (κ2) is 6.57. The summed E-state index contributed by atoms with van der Waals surface area (Å²) in [6, 6.07) is 0.295. The van der Waals surface area contributed by atoms with E-state index in [0.29, 0.717) is 18.8 Å². The number of fused-ring (bicyclic) bond motifs is 1. The number of hydrogen-bond donors (Lipinski definition) is 1. The molecule has 25 heavy (non-hydrogen) atoms. The number of rotatable bonds is 4. The average molecular weight is 349 g/mol. The standard InChI is InChI=1S/C17H27N5O3/c1-10(2)22-14-6-7-21(8-13(14)18-17(22)24)15(23)9-25-16-11(3)19-20(5)12(16)4/h10,13-14H,6-9H2,1-5H3,(H,18,24)/t13-,14+/m1/s1. The van der Waals surface area contributed by atoms with Crippen molar-refractivity contribution in [2.24, 2.45) is 7.05 Å². The summed E-state index contributed by atoms with van der Waals surface area (Å²) in [6.45, 7) is 9.00. The van der Waals surface area contributed by atoms with E-state index in [1.54, 1.807) is 9.58 Å². The molecule has 8 heteroatoms. The minimum Gasteiger partial charge on any atom is -0.480 e. The van der Waals surface area contributed by atoms with E-state index in [0.717, 1.165) is 17.8 Å². The van der Waals surface area contributed by atoms with Gasteiger partial charge in [-0.15, -0.1) is 0 Å². The van der Waals surface area contributed by atoms with Gasteiger partial charge in [-0.3, -0.25) is 9.48 Å². The number of nitrogens with zero attached hydrogens (tertiary/aromatic N) is 4. The van der Waals surface area contributed by atoms with E-state index in [1.165, 1.54) is 0 Å². The van der Waals surface area contributed by atoms with Gasteiger partial charge in [0.2, 0.25) is 0 Å². The summed E-state index contributed by atoms with van der Waals surface area (Å²) in [5.74, 6) is 0.615. The topological polar surface area (TPSA) is 79.7 Å². The highest BCUT2D eigenvalue weighted by molar-refractivity contribution is 5.80. The quantitative estimate of drug-likeness (QED) is 0.873. The van der Waals surface area contributed by atoms with Gasteiger partial charge in [-0.1, -0.05) is 0 Å². The number of nitrogens with one attached hydrogen (secondary N) is 1. The SMILES string of the molecule is Cc1nn(C)c(C)c1OCC(=O)N1CC[C@H]2[C@@H](C1)NC(=O)N2C(C)C. The normalized spacial score (nSPS) is 23.0. The summed E-state index contributed by atoms with van der Waals surface area (Å²) in [5.41, 5.74) is 1.68. The number of aryl methyl sites for hydroxylation is 2. The van der Waals surface area contributed by atoms with Crippen molar-refractivity contribution in [2.45, 2.75) is 52.2 Å². The lowest BCUT2D eigenvalue weighted by atomic mass is 9.99. The molecule has 0 spiro atoms. The Kier molecular flexibility index (Phi) is 4.62. The fourth-order valence-corrected chi connectivity index (χ4v) is 3.83. The van der Waals surface area contributed by atoms with Gasteiger partial charge < -0.3 is 19.9 Å².